The summed E-state index contributed by atoms with van der Waals surface area (Å²) in [5.41, 5.74) is 7.35. The SMILES string of the molecule is Nc1cc(Cl)ccc1C(=O)NCc1ccccc1Cl. The van der Waals surface area contributed by atoms with Crippen molar-refractivity contribution in [2.24, 2.45) is 0 Å². The van der Waals surface area contributed by atoms with Gasteiger partial charge in [-0.05, 0) is 29.8 Å². The van der Waals surface area contributed by atoms with E-state index in [-0.39, 0.29) is 5.91 Å². The number of nitrogens with one attached hydrogen (secondary N) is 1. The van der Waals surface area contributed by atoms with Crippen LogP contribution in [0.1, 0.15) is 15.9 Å². The minimum atomic E-state index is -0.255. The van der Waals surface area contributed by atoms with Gasteiger partial charge < -0.3 is 11.1 Å². The minimum absolute atomic E-state index is 0.255. The highest BCUT2D eigenvalue weighted by Crippen LogP contribution is 2.18. The molecule has 3 N–H and O–H groups in total. The topological polar surface area (TPSA) is 55.1 Å². The van der Waals surface area contributed by atoms with Crippen LogP contribution < -0.4 is 11.1 Å². The number of carbonyl (C=O) groups is 1. The fourth-order valence-corrected chi connectivity index (χ4v) is 2.04. The maximum Gasteiger partial charge on any atom is 0.253 e. The first-order chi connectivity index (χ1) is 9.08. The summed E-state index contributed by atoms with van der Waals surface area (Å²) in [6.07, 6.45) is 0. The van der Waals surface area contributed by atoms with Crippen molar-refractivity contribution in [3.8, 4) is 0 Å². The molecule has 0 saturated carbocycles. The van der Waals surface area contributed by atoms with Crippen LogP contribution in [0.5, 0.6) is 0 Å². The van der Waals surface area contributed by atoms with Gasteiger partial charge in [0.25, 0.3) is 5.91 Å². The van der Waals surface area contributed by atoms with Crippen molar-refractivity contribution >= 4 is 34.8 Å². The number of benzene rings is 2. The van der Waals surface area contributed by atoms with Crippen LogP contribution in [0, 0.1) is 0 Å². The summed E-state index contributed by atoms with van der Waals surface area (Å²) < 4.78 is 0. The molecule has 0 heterocycles. The van der Waals surface area contributed by atoms with Gasteiger partial charge in [-0.25, -0.2) is 0 Å². The molecule has 1 amide bonds. The van der Waals surface area contributed by atoms with E-state index in [2.05, 4.69) is 5.32 Å². The van der Waals surface area contributed by atoms with Crippen molar-refractivity contribution in [3.63, 3.8) is 0 Å². The lowest BCUT2D eigenvalue weighted by molar-refractivity contribution is 0.0952. The van der Waals surface area contributed by atoms with Gasteiger partial charge in [0, 0.05) is 22.3 Å². The second-order valence-electron chi connectivity index (χ2n) is 4.01. The van der Waals surface area contributed by atoms with E-state index < -0.39 is 0 Å². The Morgan fingerprint density at radius 3 is 2.58 bits per heavy atom. The summed E-state index contributed by atoms with van der Waals surface area (Å²) in [6, 6.07) is 12.1. The molecule has 2 rings (SSSR count). The molecule has 0 aliphatic heterocycles. The molecule has 98 valence electrons. The van der Waals surface area contributed by atoms with Crippen molar-refractivity contribution in [2.75, 3.05) is 5.73 Å². The Balaban J connectivity index is 2.08. The molecule has 0 aliphatic rings. The summed E-state index contributed by atoms with van der Waals surface area (Å²) in [7, 11) is 0. The van der Waals surface area contributed by atoms with Crippen LogP contribution in [-0.4, -0.2) is 5.91 Å². The lowest BCUT2D eigenvalue weighted by Crippen LogP contribution is -2.23. The van der Waals surface area contributed by atoms with Gasteiger partial charge in [-0.1, -0.05) is 41.4 Å². The number of carbonyl (C=O) groups excluding carboxylic acids is 1. The number of hydrogen-bond donors (Lipinski definition) is 2. The molecule has 19 heavy (non-hydrogen) atoms. The largest absolute Gasteiger partial charge is 0.398 e. The fourth-order valence-electron chi connectivity index (χ4n) is 1.65. The Labute approximate surface area is 121 Å². The number of hydrogen-bond acceptors (Lipinski definition) is 2. The van der Waals surface area contributed by atoms with E-state index in [4.69, 9.17) is 28.9 Å². The Hall–Kier alpha value is -1.71. The molecule has 0 fully saturated rings. The predicted octanol–water partition coefficient (Wildman–Crippen LogP) is 3.51. The zero-order valence-corrected chi connectivity index (χ0v) is 11.5. The van der Waals surface area contributed by atoms with E-state index in [1.54, 1.807) is 24.3 Å². The molecule has 0 aliphatic carbocycles. The van der Waals surface area contributed by atoms with Gasteiger partial charge in [-0.3, -0.25) is 4.79 Å². The predicted molar refractivity (Wildman–Crippen MR) is 78.5 cm³/mol. The average molecular weight is 295 g/mol. The molecular weight excluding hydrogens is 283 g/mol. The third kappa shape index (κ3) is 3.40. The minimum Gasteiger partial charge on any atom is -0.398 e. The zero-order valence-electron chi connectivity index (χ0n) is 9.99. The third-order valence-corrected chi connectivity index (χ3v) is 3.26. The Bertz CT molecular complexity index is 614. The van der Waals surface area contributed by atoms with Gasteiger partial charge in [-0.15, -0.1) is 0 Å². The number of nitrogen functional groups attached to an aromatic ring is 1. The molecule has 2 aromatic rings. The highest BCUT2D eigenvalue weighted by molar-refractivity contribution is 6.31. The van der Waals surface area contributed by atoms with Crippen LogP contribution in [-0.2, 0) is 6.54 Å². The maximum absolute atomic E-state index is 12.0. The van der Waals surface area contributed by atoms with Gasteiger partial charge >= 0.3 is 0 Å². The molecule has 0 unspecified atom stereocenters. The number of amides is 1. The van der Waals surface area contributed by atoms with Crippen molar-refractivity contribution in [2.45, 2.75) is 6.54 Å². The molecule has 5 heteroatoms. The van der Waals surface area contributed by atoms with Crippen LogP contribution in [0.25, 0.3) is 0 Å². The van der Waals surface area contributed by atoms with E-state index in [0.29, 0.717) is 27.8 Å². The summed E-state index contributed by atoms with van der Waals surface area (Å²) >= 11 is 11.8. The highest BCUT2D eigenvalue weighted by Gasteiger charge is 2.10. The smallest absolute Gasteiger partial charge is 0.253 e. The Kier molecular flexibility index (Phi) is 4.30. The first-order valence-electron chi connectivity index (χ1n) is 5.64. The van der Waals surface area contributed by atoms with Crippen LogP contribution in [0.3, 0.4) is 0 Å². The number of rotatable bonds is 3. The van der Waals surface area contributed by atoms with Gasteiger partial charge in [-0.2, -0.15) is 0 Å². The molecule has 2 aromatic carbocycles. The summed E-state index contributed by atoms with van der Waals surface area (Å²) in [4.78, 5) is 12.0. The quantitative estimate of drug-likeness (QED) is 0.851. The van der Waals surface area contributed by atoms with Gasteiger partial charge in [0.05, 0.1) is 5.56 Å². The summed E-state index contributed by atoms with van der Waals surface area (Å²) in [5, 5.41) is 3.89. The highest BCUT2D eigenvalue weighted by atomic mass is 35.5. The number of anilines is 1. The normalized spacial score (nSPS) is 10.2. The van der Waals surface area contributed by atoms with E-state index >= 15 is 0 Å². The van der Waals surface area contributed by atoms with Crippen molar-refractivity contribution in [1.29, 1.82) is 0 Å². The van der Waals surface area contributed by atoms with Crippen molar-refractivity contribution < 1.29 is 4.79 Å². The van der Waals surface area contributed by atoms with E-state index in [1.807, 2.05) is 18.2 Å². The van der Waals surface area contributed by atoms with Crippen LogP contribution in [0.15, 0.2) is 42.5 Å². The van der Waals surface area contributed by atoms with Gasteiger partial charge in [0.1, 0.15) is 0 Å². The second-order valence-corrected chi connectivity index (χ2v) is 4.85. The third-order valence-electron chi connectivity index (χ3n) is 2.66. The first kappa shape index (κ1) is 13.7. The van der Waals surface area contributed by atoms with E-state index in [1.165, 1.54) is 0 Å². The van der Waals surface area contributed by atoms with Crippen molar-refractivity contribution in [1.82, 2.24) is 5.32 Å². The molecule has 3 nitrogen and oxygen atoms in total. The van der Waals surface area contributed by atoms with Crippen LogP contribution in [0.4, 0.5) is 5.69 Å². The van der Waals surface area contributed by atoms with Gasteiger partial charge in [0.2, 0.25) is 0 Å². The second kappa shape index (κ2) is 5.95. The monoisotopic (exact) mass is 294 g/mol. The zero-order chi connectivity index (χ0) is 13.8. The van der Waals surface area contributed by atoms with Crippen LogP contribution >= 0.6 is 23.2 Å². The lowest BCUT2D eigenvalue weighted by atomic mass is 10.1. The lowest BCUT2D eigenvalue weighted by Gasteiger charge is -2.09. The molecule has 0 saturated heterocycles. The molecule has 0 radical (unpaired) electrons. The number of nitrogens with two attached hydrogens (primary N) is 1. The van der Waals surface area contributed by atoms with Crippen LogP contribution in [0.2, 0.25) is 10.0 Å². The average Bonchev–Trinajstić information content (AvgIpc) is 2.37. The number of halogens is 2. The Morgan fingerprint density at radius 2 is 1.89 bits per heavy atom. The fraction of sp³-hybridized carbons (Fsp3) is 0.0714. The van der Waals surface area contributed by atoms with E-state index in [9.17, 15) is 4.79 Å². The first-order valence-corrected chi connectivity index (χ1v) is 6.40. The molecular formula is C14H12Cl2N2O. The maximum atomic E-state index is 12.0. The standard InChI is InChI=1S/C14H12Cl2N2O/c15-10-5-6-11(13(17)7-10)14(19)18-8-9-3-1-2-4-12(9)16/h1-7H,8,17H2,(H,18,19). The molecule has 0 atom stereocenters. The van der Waals surface area contributed by atoms with E-state index in [0.717, 1.165) is 5.56 Å². The molecule has 0 bridgehead atoms. The molecule has 0 spiro atoms. The van der Waals surface area contributed by atoms with Crippen molar-refractivity contribution in [3.05, 3.63) is 63.6 Å². The Morgan fingerprint density at radius 1 is 1.16 bits per heavy atom. The molecule has 0 aromatic heterocycles. The van der Waals surface area contributed by atoms with Gasteiger partial charge in [0.15, 0.2) is 0 Å². The summed E-state index contributed by atoms with van der Waals surface area (Å²) in [6.45, 7) is 0.348. The summed E-state index contributed by atoms with van der Waals surface area (Å²) in [5.74, 6) is -0.255.